The maximum absolute atomic E-state index is 13.1. The average Bonchev–Trinajstić information content (AvgIpc) is 2.79. The number of anilines is 3. The zero-order chi connectivity index (χ0) is 23.8. The van der Waals surface area contributed by atoms with Crippen molar-refractivity contribution in [1.82, 2.24) is 0 Å². The quantitative estimate of drug-likeness (QED) is 0.725. The summed E-state index contributed by atoms with van der Waals surface area (Å²) in [6.45, 7) is 7.58. The number of nitrogens with two attached hydrogens (primary N) is 1. The van der Waals surface area contributed by atoms with Gasteiger partial charge in [-0.1, -0.05) is 18.2 Å². The standard InChI is InChI=1S/C25H30N4O4/c1-17(30)24(3)16-25(23(26)32,21-6-4-5-7-22(21)29(24)18(2)31)27-19-8-10-20(11-9-19)28-12-14-33-15-13-28/h4-11,27H,12-16H2,1-3H3,(H2,26,32). The summed E-state index contributed by atoms with van der Waals surface area (Å²) in [6, 6.07) is 14.9. The Bertz CT molecular complexity index is 1080. The average molecular weight is 451 g/mol. The molecule has 0 aromatic heterocycles. The molecule has 1 fully saturated rings. The van der Waals surface area contributed by atoms with Crippen LogP contribution in [0.25, 0.3) is 0 Å². The predicted molar refractivity (Wildman–Crippen MR) is 127 cm³/mol. The SMILES string of the molecule is CC(=O)N1c2ccccc2C(Nc2ccc(N3CCOCC3)cc2)(C(N)=O)CC1(C)C(C)=O. The van der Waals surface area contributed by atoms with E-state index in [0.29, 0.717) is 30.2 Å². The van der Waals surface area contributed by atoms with Crippen LogP contribution in [0.15, 0.2) is 48.5 Å². The Balaban J connectivity index is 1.78. The van der Waals surface area contributed by atoms with Gasteiger partial charge in [0.05, 0.1) is 18.9 Å². The molecule has 2 aromatic rings. The fourth-order valence-electron chi connectivity index (χ4n) is 5.00. The summed E-state index contributed by atoms with van der Waals surface area (Å²) in [7, 11) is 0. The molecule has 2 heterocycles. The van der Waals surface area contributed by atoms with Crippen molar-refractivity contribution in [2.75, 3.05) is 41.4 Å². The molecule has 1 saturated heterocycles. The Hall–Kier alpha value is -3.39. The number of benzene rings is 2. The number of nitrogens with one attached hydrogen (secondary N) is 1. The van der Waals surface area contributed by atoms with E-state index >= 15 is 0 Å². The maximum atomic E-state index is 13.1. The molecule has 0 bridgehead atoms. The zero-order valence-electron chi connectivity index (χ0n) is 19.3. The summed E-state index contributed by atoms with van der Waals surface area (Å²) < 4.78 is 5.42. The molecule has 174 valence electrons. The van der Waals surface area contributed by atoms with Gasteiger partial charge in [-0.05, 0) is 44.2 Å². The third-order valence-corrected chi connectivity index (χ3v) is 6.80. The van der Waals surface area contributed by atoms with Crippen LogP contribution in [-0.2, 0) is 24.7 Å². The molecule has 33 heavy (non-hydrogen) atoms. The van der Waals surface area contributed by atoms with Gasteiger partial charge in [-0.25, -0.2) is 0 Å². The summed E-state index contributed by atoms with van der Waals surface area (Å²) in [5.41, 5.74) is 6.25. The first kappa shape index (κ1) is 22.8. The summed E-state index contributed by atoms with van der Waals surface area (Å²) in [6.07, 6.45) is 0.0203. The number of carbonyl (C=O) groups excluding carboxylic acids is 3. The number of Topliss-reactive ketones (excluding diaryl/α,β-unsaturated/α-hetero) is 1. The monoisotopic (exact) mass is 450 g/mol. The topological polar surface area (TPSA) is 105 Å². The number of carbonyl (C=O) groups is 3. The van der Waals surface area contributed by atoms with E-state index in [-0.39, 0.29) is 18.1 Å². The third-order valence-electron chi connectivity index (χ3n) is 6.80. The van der Waals surface area contributed by atoms with E-state index < -0.39 is 17.0 Å². The van der Waals surface area contributed by atoms with Gasteiger partial charge in [-0.15, -0.1) is 0 Å². The fourth-order valence-corrected chi connectivity index (χ4v) is 5.00. The normalized spacial score (nSPS) is 24.7. The number of ether oxygens (including phenoxy) is 1. The van der Waals surface area contributed by atoms with Crippen LogP contribution in [0.5, 0.6) is 0 Å². The van der Waals surface area contributed by atoms with Crippen LogP contribution in [0.1, 0.15) is 32.8 Å². The number of para-hydroxylation sites is 1. The van der Waals surface area contributed by atoms with Gasteiger partial charge in [-0.2, -0.15) is 0 Å². The van der Waals surface area contributed by atoms with Crippen molar-refractivity contribution in [3.63, 3.8) is 0 Å². The second-order valence-electron chi connectivity index (χ2n) is 8.92. The second kappa shape index (κ2) is 8.51. The van der Waals surface area contributed by atoms with E-state index in [1.54, 1.807) is 31.2 Å². The minimum absolute atomic E-state index is 0.0203. The van der Waals surface area contributed by atoms with Gasteiger partial charge >= 0.3 is 0 Å². The van der Waals surface area contributed by atoms with Crippen LogP contribution in [0.2, 0.25) is 0 Å². The molecule has 2 atom stereocenters. The van der Waals surface area contributed by atoms with Gasteiger partial charge in [0.1, 0.15) is 11.1 Å². The van der Waals surface area contributed by atoms with E-state index in [2.05, 4.69) is 10.2 Å². The van der Waals surface area contributed by atoms with Crippen LogP contribution in [0.3, 0.4) is 0 Å². The lowest BCUT2D eigenvalue weighted by molar-refractivity contribution is -0.130. The highest BCUT2D eigenvalue weighted by Gasteiger charge is 2.56. The molecule has 2 aromatic carbocycles. The Kier molecular flexibility index (Phi) is 5.88. The number of morpholine rings is 1. The molecule has 0 aliphatic carbocycles. The van der Waals surface area contributed by atoms with Crippen molar-refractivity contribution >= 4 is 34.7 Å². The van der Waals surface area contributed by atoms with Crippen molar-refractivity contribution in [3.05, 3.63) is 54.1 Å². The fraction of sp³-hybridized carbons (Fsp3) is 0.400. The maximum Gasteiger partial charge on any atom is 0.247 e. The van der Waals surface area contributed by atoms with Gasteiger partial charge in [0.25, 0.3) is 0 Å². The molecule has 2 aliphatic rings. The van der Waals surface area contributed by atoms with Crippen molar-refractivity contribution in [1.29, 1.82) is 0 Å². The lowest BCUT2D eigenvalue weighted by atomic mass is 9.70. The van der Waals surface area contributed by atoms with E-state index in [9.17, 15) is 14.4 Å². The lowest BCUT2D eigenvalue weighted by Gasteiger charge is -2.51. The number of amides is 2. The molecule has 2 unspecified atom stereocenters. The van der Waals surface area contributed by atoms with Crippen molar-refractivity contribution in [2.45, 2.75) is 38.3 Å². The number of fused-ring (bicyclic) bond motifs is 1. The summed E-state index contributed by atoms with van der Waals surface area (Å²) in [4.78, 5) is 42.3. The van der Waals surface area contributed by atoms with Crippen molar-refractivity contribution in [3.8, 4) is 0 Å². The molecule has 4 rings (SSSR count). The van der Waals surface area contributed by atoms with Crippen LogP contribution < -0.4 is 20.9 Å². The van der Waals surface area contributed by atoms with Crippen molar-refractivity contribution in [2.24, 2.45) is 5.73 Å². The molecule has 3 N–H and O–H groups in total. The van der Waals surface area contributed by atoms with Crippen LogP contribution in [0.4, 0.5) is 17.1 Å². The number of primary amides is 1. The Morgan fingerprint density at radius 1 is 1.00 bits per heavy atom. The summed E-state index contributed by atoms with van der Waals surface area (Å²) in [5.74, 6) is -1.10. The van der Waals surface area contributed by atoms with Crippen LogP contribution >= 0.6 is 0 Å². The Morgan fingerprint density at radius 3 is 2.21 bits per heavy atom. The van der Waals surface area contributed by atoms with E-state index in [0.717, 1.165) is 18.8 Å². The molecular formula is C25H30N4O4. The molecular weight excluding hydrogens is 420 g/mol. The van der Waals surface area contributed by atoms with E-state index in [1.807, 2.05) is 24.3 Å². The molecule has 0 spiro atoms. The number of rotatable bonds is 5. The van der Waals surface area contributed by atoms with E-state index in [4.69, 9.17) is 10.5 Å². The largest absolute Gasteiger partial charge is 0.378 e. The number of ketones is 1. The first-order valence-corrected chi connectivity index (χ1v) is 11.1. The molecule has 0 radical (unpaired) electrons. The third kappa shape index (κ3) is 3.84. The van der Waals surface area contributed by atoms with Gasteiger partial charge in [0.15, 0.2) is 5.78 Å². The van der Waals surface area contributed by atoms with Crippen molar-refractivity contribution < 1.29 is 19.1 Å². The second-order valence-corrected chi connectivity index (χ2v) is 8.92. The Labute approximate surface area is 193 Å². The summed E-state index contributed by atoms with van der Waals surface area (Å²) in [5, 5.41) is 3.34. The molecule has 8 nitrogen and oxygen atoms in total. The highest BCUT2D eigenvalue weighted by molar-refractivity contribution is 6.07. The van der Waals surface area contributed by atoms with Gasteiger partial charge in [-0.3, -0.25) is 19.3 Å². The van der Waals surface area contributed by atoms with Gasteiger partial charge < -0.3 is 20.7 Å². The minimum atomic E-state index is -1.37. The highest BCUT2D eigenvalue weighted by atomic mass is 16.5. The van der Waals surface area contributed by atoms with Crippen LogP contribution in [-0.4, -0.2) is 49.4 Å². The number of hydrogen-bond donors (Lipinski definition) is 2. The lowest BCUT2D eigenvalue weighted by Crippen LogP contribution is -2.65. The van der Waals surface area contributed by atoms with E-state index in [1.165, 1.54) is 18.7 Å². The molecule has 2 aliphatic heterocycles. The first-order chi connectivity index (χ1) is 15.7. The van der Waals surface area contributed by atoms with Gasteiger partial charge in [0.2, 0.25) is 11.8 Å². The smallest absolute Gasteiger partial charge is 0.247 e. The Morgan fingerprint density at radius 2 is 1.64 bits per heavy atom. The highest BCUT2D eigenvalue weighted by Crippen LogP contribution is 2.48. The first-order valence-electron chi connectivity index (χ1n) is 11.1. The number of hydrogen-bond acceptors (Lipinski definition) is 6. The predicted octanol–water partition coefficient (Wildman–Crippen LogP) is 2.42. The molecule has 8 heteroatoms. The van der Waals surface area contributed by atoms with Gasteiger partial charge in [0, 0.05) is 43.4 Å². The minimum Gasteiger partial charge on any atom is -0.378 e. The molecule has 0 saturated carbocycles. The zero-order valence-corrected chi connectivity index (χ0v) is 19.3. The molecule has 2 amide bonds. The summed E-state index contributed by atoms with van der Waals surface area (Å²) >= 11 is 0. The van der Waals surface area contributed by atoms with Crippen LogP contribution in [0, 0.1) is 0 Å². The number of nitrogens with zero attached hydrogens (tertiary/aromatic N) is 2.